The number of nitrogens with zero attached hydrogens (tertiary/aromatic N) is 7. The fraction of sp³-hybridized carbons (Fsp3) is 0.476. The van der Waals surface area contributed by atoms with Crippen molar-refractivity contribution in [2.75, 3.05) is 29.9 Å². The van der Waals surface area contributed by atoms with Crippen molar-refractivity contribution >= 4 is 23.2 Å². The van der Waals surface area contributed by atoms with E-state index in [4.69, 9.17) is 11.6 Å². The Morgan fingerprint density at radius 3 is 2.60 bits per heavy atom. The van der Waals surface area contributed by atoms with E-state index in [-0.39, 0.29) is 0 Å². The second-order valence-electron chi connectivity index (χ2n) is 8.15. The van der Waals surface area contributed by atoms with Crippen LogP contribution in [-0.2, 0) is 0 Å². The van der Waals surface area contributed by atoms with Crippen molar-refractivity contribution in [3.05, 3.63) is 48.4 Å². The average molecular weight is 425 g/mol. The van der Waals surface area contributed by atoms with Gasteiger partial charge < -0.3 is 10.2 Å². The molecule has 1 aliphatic heterocycles. The molecular formula is C21H25ClN8. The number of pyridine rings is 1. The predicted octanol–water partition coefficient (Wildman–Crippen LogP) is 3.46. The number of piperidine rings is 1. The molecular weight excluding hydrogens is 400 g/mol. The number of aromatic nitrogens is 6. The Hall–Kier alpha value is -2.74. The summed E-state index contributed by atoms with van der Waals surface area (Å²) in [5.41, 5.74) is 1.05. The first-order valence-electron chi connectivity index (χ1n) is 10.5. The van der Waals surface area contributed by atoms with Crippen molar-refractivity contribution < 1.29 is 0 Å². The van der Waals surface area contributed by atoms with Gasteiger partial charge in [0.2, 0.25) is 5.95 Å². The molecule has 0 spiro atoms. The normalized spacial score (nSPS) is 21.6. The molecule has 8 nitrogen and oxygen atoms in total. The van der Waals surface area contributed by atoms with Gasteiger partial charge in [-0.3, -0.25) is 0 Å². The number of halogens is 1. The molecule has 4 heterocycles. The topological polar surface area (TPSA) is 84.7 Å². The minimum Gasteiger partial charge on any atom is -0.384 e. The van der Waals surface area contributed by atoms with Gasteiger partial charge in [-0.1, -0.05) is 11.6 Å². The third kappa shape index (κ3) is 4.38. The van der Waals surface area contributed by atoms with Gasteiger partial charge in [-0.15, -0.1) is 0 Å². The van der Waals surface area contributed by atoms with Gasteiger partial charge in [0.05, 0.1) is 29.3 Å². The summed E-state index contributed by atoms with van der Waals surface area (Å²) >= 11 is 5.89. The largest absolute Gasteiger partial charge is 0.384 e. The van der Waals surface area contributed by atoms with E-state index in [9.17, 15) is 0 Å². The minimum absolute atomic E-state index is 0.588. The maximum atomic E-state index is 5.89. The molecule has 0 radical (unpaired) electrons. The summed E-state index contributed by atoms with van der Waals surface area (Å²) in [5, 5.41) is 8.18. The first-order valence-corrected chi connectivity index (χ1v) is 10.9. The van der Waals surface area contributed by atoms with Crippen LogP contribution in [0.5, 0.6) is 0 Å². The number of anilines is 2. The second-order valence-corrected chi connectivity index (χ2v) is 8.58. The van der Waals surface area contributed by atoms with Gasteiger partial charge in [-0.25, -0.2) is 24.6 Å². The maximum absolute atomic E-state index is 5.89. The average Bonchev–Trinajstić information content (AvgIpc) is 3.34. The van der Waals surface area contributed by atoms with E-state index >= 15 is 0 Å². The highest BCUT2D eigenvalue weighted by Gasteiger charge is 2.43. The van der Waals surface area contributed by atoms with E-state index < -0.39 is 0 Å². The van der Waals surface area contributed by atoms with Crippen molar-refractivity contribution in [3.63, 3.8) is 0 Å². The second kappa shape index (κ2) is 8.55. The molecule has 1 saturated carbocycles. The standard InChI is InChI=1S/C21H25ClN8/c22-17-10-26-21(27-11-17)29-7-4-15(5-8-29)19-9-16(19)3-6-24-18-1-2-20(25-12-18)30-14-23-13-28-30/h1-2,10-16,19,24H,3-9H2/t16-,19+/m0/s1. The van der Waals surface area contributed by atoms with E-state index in [1.165, 1.54) is 32.0 Å². The third-order valence-corrected chi connectivity index (χ3v) is 6.45. The fourth-order valence-corrected chi connectivity index (χ4v) is 4.63. The Morgan fingerprint density at radius 2 is 1.90 bits per heavy atom. The summed E-state index contributed by atoms with van der Waals surface area (Å²) in [6.45, 7) is 3.07. The Labute approximate surface area is 180 Å². The highest BCUT2D eigenvalue weighted by molar-refractivity contribution is 6.30. The van der Waals surface area contributed by atoms with Crippen molar-refractivity contribution in [2.24, 2.45) is 17.8 Å². The molecule has 1 saturated heterocycles. The van der Waals surface area contributed by atoms with Crippen LogP contribution in [0, 0.1) is 17.8 Å². The van der Waals surface area contributed by atoms with Crippen LogP contribution in [-0.4, -0.2) is 49.4 Å². The molecule has 1 N–H and O–H groups in total. The number of hydrogen-bond acceptors (Lipinski definition) is 7. The fourth-order valence-electron chi connectivity index (χ4n) is 4.53. The molecule has 0 unspecified atom stereocenters. The lowest BCUT2D eigenvalue weighted by molar-refractivity contribution is 0.343. The molecule has 2 aliphatic rings. The summed E-state index contributed by atoms with van der Waals surface area (Å²) in [6.07, 6.45) is 13.4. The minimum atomic E-state index is 0.588. The first kappa shape index (κ1) is 19.2. The van der Waals surface area contributed by atoms with E-state index in [0.717, 1.165) is 54.8 Å². The van der Waals surface area contributed by atoms with Gasteiger partial charge in [0.15, 0.2) is 5.82 Å². The number of rotatable bonds is 7. The van der Waals surface area contributed by atoms with Gasteiger partial charge in [0.25, 0.3) is 0 Å². The van der Waals surface area contributed by atoms with Gasteiger partial charge in [-0.2, -0.15) is 5.10 Å². The lowest BCUT2D eigenvalue weighted by Crippen LogP contribution is -2.35. The highest BCUT2D eigenvalue weighted by atomic mass is 35.5. The molecule has 2 atom stereocenters. The summed E-state index contributed by atoms with van der Waals surface area (Å²) < 4.78 is 1.66. The monoisotopic (exact) mass is 424 g/mol. The molecule has 0 aromatic carbocycles. The van der Waals surface area contributed by atoms with E-state index in [1.807, 2.05) is 18.3 Å². The third-order valence-electron chi connectivity index (χ3n) is 6.26. The van der Waals surface area contributed by atoms with Crippen LogP contribution < -0.4 is 10.2 Å². The predicted molar refractivity (Wildman–Crippen MR) is 116 cm³/mol. The Morgan fingerprint density at radius 1 is 1.07 bits per heavy atom. The first-order chi connectivity index (χ1) is 14.8. The molecule has 2 fully saturated rings. The van der Waals surface area contributed by atoms with Crippen molar-refractivity contribution in [3.8, 4) is 5.82 Å². The van der Waals surface area contributed by atoms with E-state index in [1.54, 1.807) is 23.4 Å². The van der Waals surface area contributed by atoms with Crippen LogP contribution >= 0.6 is 11.6 Å². The summed E-state index contributed by atoms with van der Waals surface area (Å²) in [5.74, 6) is 4.15. The quantitative estimate of drug-likeness (QED) is 0.621. The Bertz CT molecular complexity index is 936. The van der Waals surface area contributed by atoms with Crippen LogP contribution in [0.25, 0.3) is 5.82 Å². The summed E-state index contributed by atoms with van der Waals surface area (Å²) in [4.78, 5) is 19.4. The lowest BCUT2D eigenvalue weighted by atomic mass is 9.90. The molecule has 3 aromatic heterocycles. The highest BCUT2D eigenvalue weighted by Crippen LogP contribution is 2.49. The van der Waals surface area contributed by atoms with Crippen molar-refractivity contribution in [1.82, 2.24) is 29.7 Å². The van der Waals surface area contributed by atoms with Crippen LogP contribution in [0.4, 0.5) is 11.6 Å². The smallest absolute Gasteiger partial charge is 0.225 e. The van der Waals surface area contributed by atoms with Gasteiger partial charge in [-0.05, 0) is 55.6 Å². The van der Waals surface area contributed by atoms with Crippen LogP contribution in [0.2, 0.25) is 5.02 Å². The van der Waals surface area contributed by atoms with Gasteiger partial charge >= 0.3 is 0 Å². The number of hydrogen-bond donors (Lipinski definition) is 1. The van der Waals surface area contributed by atoms with E-state index in [2.05, 4.69) is 35.3 Å². The molecule has 3 aromatic rings. The molecule has 0 amide bonds. The number of nitrogens with one attached hydrogen (secondary N) is 1. The van der Waals surface area contributed by atoms with Crippen molar-refractivity contribution in [1.29, 1.82) is 0 Å². The maximum Gasteiger partial charge on any atom is 0.225 e. The zero-order valence-corrected chi connectivity index (χ0v) is 17.5. The van der Waals surface area contributed by atoms with E-state index in [0.29, 0.717) is 5.02 Å². The molecule has 9 heteroatoms. The zero-order valence-electron chi connectivity index (χ0n) is 16.7. The molecule has 30 heavy (non-hydrogen) atoms. The lowest BCUT2D eigenvalue weighted by Gasteiger charge is -2.32. The zero-order chi connectivity index (χ0) is 20.3. The van der Waals surface area contributed by atoms with Gasteiger partial charge in [0.1, 0.15) is 12.7 Å². The Kier molecular flexibility index (Phi) is 5.48. The summed E-state index contributed by atoms with van der Waals surface area (Å²) in [6, 6.07) is 4.00. The Balaban J connectivity index is 1.03. The molecule has 156 valence electrons. The molecule has 5 rings (SSSR count). The van der Waals surface area contributed by atoms with Gasteiger partial charge in [0, 0.05) is 19.6 Å². The van der Waals surface area contributed by atoms with Crippen LogP contribution in [0.15, 0.2) is 43.4 Å². The van der Waals surface area contributed by atoms with Crippen LogP contribution in [0.3, 0.4) is 0 Å². The summed E-state index contributed by atoms with van der Waals surface area (Å²) in [7, 11) is 0. The van der Waals surface area contributed by atoms with Crippen LogP contribution in [0.1, 0.15) is 25.7 Å². The molecule has 0 bridgehead atoms. The SMILES string of the molecule is Clc1cnc(N2CCC([C@H]3C[C@@H]3CCNc3ccc(-n4cncn4)nc3)CC2)nc1. The van der Waals surface area contributed by atoms with Crippen molar-refractivity contribution in [2.45, 2.75) is 25.7 Å². The molecule has 1 aliphatic carbocycles.